The number of anilines is 1. The van der Waals surface area contributed by atoms with E-state index in [1.165, 1.54) is 24.0 Å². The van der Waals surface area contributed by atoms with Crippen molar-refractivity contribution in [3.05, 3.63) is 93.5 Å². The van der Waals surface area contributed by atoms with Gasteiger partial charge in [0, 0.05) is 24.0 Å². The molecule has 2 heterocycles. The van der Waals surface area contributed by atoms with Crippen molar-refractivity contribution in [1.82, 2.24) is 9.88 Å². The van der Waals surface area contributed by atoms with Crippen molar-refractivity contribution in [3.8, 4) is 0 Å². The molecule has 0 aliphatic carbocycles. The molecule has 4 aromatic rings. The highest BCUT2D eigenvalue weighted by atomic mass is 32.1. The molecule has 0 aliphatic heterocycles. The van der Waals surface area contributed by atoms with E-state index in [4.69, 9.17) is 9.72 Å². The third kappa shape index (κ3) is 5.16. The number of hydrogen-bond donors (Lipinski definition) is 1. The van der Waals surface area contributed by atoms with Crippen molar-refractivity contribution in [3.63, 3.8) is 0 Å². The number of thiophene rings is 1. The number of nitrogens with one attached hydrogen (secondary N) is 1. The van der Waals surface area contributed by atoms with Gasteiger partial charge in [0.1, 0.15) is 9.71 Å². The lowest BCUT2D eigenvalue weighted by molar-refractivity contribution is 0.0607. The van der Waals surface area contributed by atoms with E-state index in [1.54, 1.807) is 0 Å². The van der Waals surface area contributed by atoms with Crippen molar-refractivity contribution >= 4 is 39.1 Å². The lowest BCUT2D eigenvalue weighted by Gasteiger charge is -2.16. The van der Waals surface area contributed by atoms with Crippen LogP contribution in [0.2, 0.25) is 0 Å². The normalized spacial score (nSPS) is 11.1. The van der Waals surface area contributed by atoms with Crippen LogP contribution in [0.1, 0.15) is 42.4 Å². The van der Waals surface area contributed by atoms with Gasteiger partial charge in [-0.25, -0.2) is 9.78 Å². The van der Waals surface area contributed by atoms with Gasteiger partial charge in [-0.05, 0) is 50.2 Å². The number of fused-ring (bicyclic) bond motifs is 1. The zero-order valence-corrected chi connectivity index (χ0v) is 20.5. The summed E-state index contributed by atoms with van der Waals surface area (Å²) in [6.07, 6.45) is 0. The van der Waals surface area contributed by atoms with Crippen LogP contribution in [0.15, 0.2) is 60.7 Å². The van der Waals surface area contributed by atoms with Crippen LogP contribution in [0.4, 0.5) is 5.69 Å². The zero-order valence-electron chi connectivity index (χ0n) is 19.7. The molecule has 0 spiro atoms. The summed E-state index contributed by atoms with van der Waals surface area (Å²) in [6, 6.07) is 19.8. The number of aryl methyl sites for hydroxylation is 2. The minimum atomic E-state index is -0.498. The second-order valence-corrected chi connectivity index (χ2v) is 9.38. The molecule has 2 aromatic heterocycles. The minimum absolute atomic E-state index is 0.266. The first-order valence-corrected chi connectivity index (χ1v) is 11.8. The topological polar surface area (TPSA) is 71.5 Å². The Morgan fingerprint density at radius 2 is 1.79 bits per heavy atom. The number of rotatable bonds is 7. The standard InChI is InChI=1S/C27H27N3O3S/c1-17-10-11-18(2)22(14-17)25(31)29-23-21-13-12-20(28-26(21)34-24(23)27(32)33-4)16-30(3)15-19-8-6-5-7-9-19/h5-14H,15-16H2,1-4H3,(H,29,31). The average Bonchev–Trinajstić information content (AvgIpc) is 3.18. The highest BCUT2D eigenvalue weighted by Gasteiger charge is 2.23. The largest absolute Gasteiger partial charge is 0.465 e. The zero-order chi connectivity index (χ0) is 24.2. The maximum absolute atomic E-state index is 13.1. The van der Waals surface area contributed by atoms with Crippen molar-refractivity contribution in [2.75, 3.05) is 19.5 Å². The predicted octanol–water partition coefficient (Wildman–Crippen LogP) is 5.58. The van der Waals surface area contributed by atoms with Crippen LogP contribution in [-0.2, 0) is 17.8 Å². The molecule has 6 nitrogen and oxygen atoms in total. The number of pyridine rings is 1. The Hall–Kier alpha value is -3.55. The Morgan fingerprint density at radius 3 is 2.53 bits per heavy atom. The summed E-state index contributed by atoms with van der Waals surface area (Å²) >= 11 is 1.23. The minimum Gasteiger partial charge on any atom is -0.465 e. The predicted molar refractivity (Wildman–Crippen MR) is 136 cm³/mol. The molecule has 1 amide bonds. The van der Waals surface area contributed by atoms with Crippen molar-refractivity contribution in [2.45, 2.75) is 26.9 Å². The van der Waals surface area contributed by atoms with Crippen molar-refractivity contribution < 1.29 is 14.3 Å². The van der Waals surface area contributed by atoms with E-state index >= 15 is 0 Å². The van der Waals surface area contributed by atoms with Crippen LogP contribution in [0.25, 0.3) is 10.2 Å². The maximum Gasteiger partial charge on any atom is 0.350 e. The number of carbonyl (C=O) groups excluding carboxylic acids is 2. The first-order valence-electron chi connectivity index (χ1n) is 11.0. The molecule has 4 rings (SSSR count). The number of nitrogens with zero attached hydrogens (tertiary/aromatic N) is 2. The fraction of sp³-hybridized carbons (Fsp3) is 0.222. The second kappa shape index (κ2) is 10.2. The third-order valence-electron chi connectivity index (χ3n) is 5.59. The van der Waals surface area contributed by atoms with E-state index in [0.29, 0.717) is 27.5 Å². The van der Waals surface area contributed by atoms with E-state index < -0.39 is 5.97 Å². The molecular weight excluding hydrogens is 446 g/mol. The maximum atomic E-state index is 13.1. The van der Waals surface area contributed by atoms with E-state index in [0.717, 1.165) is 28.8 Å². The molecule has 1 N–H and O–H groups in total. The molecule has 0 radical (unpaired) electrons. The molecule has 2 aromatic carbocycles. The molecule has 0 unspecified atom stereocenters. The molecular formula is C27H27N3O3S. The van der Waals surface area contributed by atoms with Crippen molar-refractivity contribution in [1.29, 1.82) is 0 Å². The lowest BCUT2D eigenvalue weighted by atomic mass is 10.0. The summed E-state index contributed by atoms with van der Waals surface area (Å²) in [5, 5.41) is 3.67. The van der Waals surface area contributed by atoms with Crippen LogP contribution < -0.4 is 5.32 Å². The quantitative estimate of drug-likeness (QED) is 0.355. The fourth-order valence-electron chi connectivity index (χ4n) is 3.85. The second-order valence-electron chi connectivity index (χ2n) is 8.38. The van der Waals surface area contributed by atoms with E-state index in [9.17, 15) is 9.59 Å². The number of benzene rings is 2. The van der Waals surface area contributed by atoms with Gasteiger partial charge in [0.05, 0.1) is 18.5 Å². The molecule has 0 fully saturated rings. The molecule has 0 atom stereocenters. The van der Waals surface area contributed by atoms with Gasteiger partial charge in [-0.3, -0.25) is 9.69 Å². The summed E-state index contributed by atoms with van der Waals surface area (Å²) in [4.78, 5) is 33.6. The first-order chi connectivity index (χ1) is 16.4. The van der Waals surface area contributed by atoms with Gasteiger partial charge in [0.25, 0.3) is 5.91 Å². The molecule has 174 valence electrons. The van der Waals surface area contributed by atoms with Crippen molar-refractivity contribution in [2.24, 2.45) is 0 Å². The summed E-state index contributed by atoms with van der Waals surface area (Å²) in [5.74, 6) is -0.764. The van der Waals surface area contributed by atoms with Crippen LogP contribution in [0.5, 0.6) is 0 Å². The van der Waals surface area contributed by atoms with Gasteiger partial charge < -0.3 is 10.1 Å². The molecule has 0 saturated carbocycles. The van der Waals surface area contributed by atoms with Crippen LogP contribution in [0.3, 0.4) is 0 Å². The summed E-state index contributed by atoms with van der Waals surface area (Å²) in [6.45, 7) is 5.29. The number of esters is 1. The van der Waals surface area contributed by atoms with Crippen LogP contribution >= 0.6 is 11.3 Å². The van der Waals surface area contributed by atoms with Gasteiger partial charge in [-0.2, -0.15) is 0 Å². The SMILES string of the molecule is COC(=O)c1sc2nc(CN(C)Cc3ccccc3)ccc2c1NC(=O)c1cc(C)ccc1C. The summed E-state index contributed by atoms with van der Waals surface area (Å²) in [7, 11) is 3.38. The number of ether oxygens (including phenoxy) is 1. The lowest BCUT2D eigenvalue weighted by Crippen LogP contribution is -2.17. The highest BCUT2D eigenvalue weighted by Crippen LogP contribution is 2.36. The number of aromatic nitrogens is 1. The highest BCUT2D eigenvalue weighted by molar-refractivity contribution is 7.21. The van der Waals surface area contributed by atoms with Gasteiger partial charge in [0.15, 0.2) is 0 Å². The number of amides is 1. The van der Waals surface area contributed by atoms with E-state index in [2.05, 4.69) is 22.3 Å². The Bertz CT molecular complexity index is 1350. The molecule has 0 aliphatic rings. The van der Waals surface area contributed by atoms with Gasteiger partial charge in [0.2, 0.25) is 0 Å². The van der Waals surface area contributed by atoms with Gasteiger partial charge in [-0.1, -0.05) is 48.0 Å². The molecule has 0 bridgehead atoms. The number of methoxy groups -OCH3 is 1. The van der Waals surface area contributed by atoms with E-state index in [-0.39, 0.29) is 5.91 Å². The van der Waals surface area contributed by atoms with Crippen LogP contribution in [0, 0.1) is 13.8 Å². The smallest absolute Gasteiger partial charge is 0.350 e. The molecule has 0 saturated heterocycles. The summed E-state index contributed by atoms with van der Waals surface area (Å²) in [5.41, 5.74) is 4.98. The number of carbonyl (C=O) groups is 2. The first kappa shape index (κ1) is 23.6. The Balaban J connectivity index is 1.63. The molecule has 34 heavy (non-hydrogen) atoms. The Kier molecular flexibility index (Phi) is 7.05. The summed E-state index contributed by atoms with van der Waals surface area (Å²) < 4.78 is 4.98. The van der Waals surface area contributed by atoms with Gasteiger partial charge in [-0.15, -0.1) is 11.3 Å². The Labute approximate surface area is 203 Å². The molecule has 7 heteroatoms. The fourth-order valence-corrected chi connectivity index (χ4v) is 4.92. The number of hydrogen-bond acceptors (Lipinski definition) is 6. The Morgan fingerprint density at radius 1 is 1.03 bits per heavy atom. The monoisotopic (exact) mass is 473 g/mol. The van der Waals surface area contributed by atoms with Gasteiger partial charge >= 0.3 is 5.97 Å². The third-order valence-corrected chi connectivity index (χ3v) is 6.67. The average molecular weight is 474 g/mol. The van der Waals surface area contributed by atoms with Crippen LogP contribution in [-0.4, -0.2) is 35.9 Å². The van der Waals surface area contributed by atoms with E-state index in [1.807, 2.05) is 69.4 Å².